The molecule has 0 radical (unpaired) electrons. The molecule has 4 nitrogen and oxygen atoms in total. The zero-order valence-electron chi connectivity index (χ0n) is 11.6. The molecule has 0 heterocycles. The third kappa shape index (κ3) is 5.40. The molecular weight excluding hydrogens is 222 g/mol. The van der Waals surface area contributed by atoms with Crippen molar-refractivity contribution >= 4 is 8.80 Å². The Morgan fingerprint density at radius 2 is 1.31 bits per heavy atom. The van der Waals surface area contributed by atoms with Crippen LogP contribution in [0, 0.1) is 0 Å². The Morgan fingerprint density at radius 1 is 0.938 bits per heavy atom. The quantitative estimate of drug-likeness (QED) is 0.585. The van der Waals surface area contributed by atoms with Crippen molar-refractivity contribution in [3.8, 4) is 0 Å². The zero-order valence-corrected chi connectivity index (χ0v) is 12.6. The summed E-state index contributed by atoms with van der Waals surface area (Å²) in [5, 5.41) is 0. The molecule has 0 aliphatic carbocycles. The predicted octanol–water partition coefficient (Wildman–Crippen LogP) is 1.98. The summed E-state index contributed by atoms with van der Waals surface area (Å²) in [5.41, 5.74) is 0. The van der Waals surface area contributed by atoms with Gasteiger partial charge in [-0.1, -0.05) is 0 Å². The lowest BCUT2D eigenvalue weighted by molar-refractivity contribution is 0.0653. The molecule has 0 fully saturated rings. The maximum atomic E-state index is 5.80. The minimum atomic E-state index is -2.46. The normalized spacial score (nSPS) is 14.4. The highest BCUT2D eigenvalue weighted by atomic mass is 28.4. The molecule has 0 aliphatic rings. The Balaban J connectivity index is 4.57. The van der Waals surface area contributed by atoms with E-state index in [9.17, 15) is 0 Å². The summed E-state index contributed by atoms with van der Waals surface area (Å²) in [6.07, 6.45) is 0. The lowest BCUT2D eigenvalue weighted by atomic mass is 10.4. The second-order valence-electron chi connectivity index (χ2n) is 4.00. The van der Waals surface area contributed by atoms with Gasteiger partial charge in [0.15, 0.2) is 0 Å². The summed E-state index contributed by atoms with van der Waals surface area (Å²) >= 11 is 0. The predicted molar refractivity (Wildman–Crippen MR) is 68.6 cm³/mol. The average Bonchev–Trinajstić information content (AvgIpc) is 2.18. The van der Waals surface area contributed by atoms with Crippen molar-refractivity contribution in [1.29, 1.82) is 0 Å². The molecule has 0 aromatic carbocycles. The van der Waals surface area contributed by atoms with Gasteiger partial charge in [-0.25, -0.2) is 0 Å². The molecule has 0 spiro atoms. The van der Waals surface area contributed by atoms with Gasteiger partial charge in [0.25, 0.3) is 0 Å². The smallest absolute Gasteiger partial charge is 0.374 e. The van der Waals surface area contributed by atoms with E-state index in [-0.39, 0.29) is 0 Å². The highest BCUT2D eigenvalue weighted by molar-refractivity contribution is 6.60. The van der Waals surface area contributed by atoms with Crippen LogP contribution in [0.1, 0.15) is 27.7 Å². The van der Waals surface area contributed by atoms with Crippen molar-refractivity contribution in [3.63, 3.8) is 0 Å². The van der Waals surface area contributed by atoms with Gasteiger partial charge in [-0.15, -0.1) is 0 Å². The number of hydrogen-bond acceptors (Lipinski definition) is 4. The summed E-state index contributed by atoms with van der Waals surface area (Å²) in [4.78, 5) is 2.17. The molecule has 0 aromatic heterocycles. The molecule has 0 saturated carbocycles. The minimum Gasteiger partial charge on any atom is -0.374 e. The summed E-state index contributed by atoms with van der Waals surface area (Å²) < 4.78 is 17.4. The van der Waals surface area contributed by atoms with Gasteiger partial charge in [0.05, 0.1) is 0 Å². The highest BCUT2D eigenvalue weighted by Gasteiger charge is 2.42. The second kappa shape index (κ2) is 8.19. The van der Waals surface area contributed by atoms with Crippen molar-refractivity contribution in [2.75, 3.05) is 33.9 Å². The van der Waals surface area contributed by atoms with Gasteiger partial charge in [-0.2, -0.15) is 0 Å². The zero-order chi connectivity index (χ0) is 12.6. The number of hydrogen-bond donors (Lipinski definition) is 0. The van der Waals surface area contributed by atoms with E-state index in [2.05, 4.69) is 25.9 Å². The largest absolute Gasteiger partial charge is 0.502 e. The van der Waals surface area contributed by atoms with E-state index in [4.69, 9.17) is 13.3 Å². The first-order chi connectivity index (χ1) is 7.51. The van der Waals surface area contributed by atoms with Gasteiger partial charge in [-0.05, 0) is 41.8 Å². The Bertz CT molecular complexity index is 162. The van der Waals surface area contributed by atoms with Crippen LogP contribution in [-0.2, 0) is 13.3 Å². The minimum absolute atomic E-state index is 0.399. The van der Waals surface area contributed by atoms with Crippen LogP contribution in [0.2, 0.25) is 6.04 Å². The van der Waals surface area contributed by atoms with Crippen LogP contribution in [0.4, 0.5) is 0 Å². The van der Waals surface area contributed by atoms with E-state index in [1.165, 1.54) is 0 Å². The molecule has 0 aliphatic heterocycles. The molecule has 0 bridgehead atoms. The van der Waals surface area contributed by atoms with Gasteiger partial charge in [0.2, 0.25) is 0 Å². The Hall–Kier alpha value is 0.0569. The molecule has 1 atom stereocenters. The van der Waals surface area contributed by atoms with Gasteiger partial charge >= 0.3 is 8.80 Å². The molecule has 1 unspecified atom stereocenters. The van der Waals surface area contributed by atoms with Gasteiger partial charge < -0.3 is 18.2 Å². The van der Waals surface area contributed by atoms with Crippen LogP contribution < -0.4 is 0 Å². The van der Waals surface area contributed by atoms with Crippen molar-refractivity contribution in [2.45, 2.75) is 39.8 Å². The molecule has 0 saturated heterocycles. The first-order valence-corrected chi connectivity index (χ1v) is 8.02. The summed E-state index contributed by atoms with van der Waals surface area (Å²) in [7, 11) is 1.66. The van der Waals surface area contributed by atoms with Gasteiger partial charge in [0, 0.05) is 31.9 Å². The Labute approximate surface area is 101 Å². The maximum Gasteiger partial charge on any atom is 0.502 e. The fourth-order valence-electron chi connectivity index (χ4n) is 1.51. The van der Waals surface area contributed by atoms with Gasteiger partial charge in [-0.3, -0.25) is 0 Å². The van der Waals surface area contributed by atoms with E-state index < -0.39 is 8.80 Å². The van der Waals surface area contributed by atoms with E-state index in [0.29, 0.717) is 25.9 Å². The molecule has 0 rings (SSSR count). The molecule has 98 valence electrons. The van der Waals surface area contributed by atoms with E-state index >= 15 is 0 Å². The number of rotatable bonds is 9. The SMILES string of the molecule is CCO[Si](CC(C)N(C)C)(OCC)OCC. The molecule has 0 amide bonds. The third-order valence-corrected chi connectivity index (χ3v) is 5.80. The molecule has 0 N–H and O–H groups in total. The molecule has 16 heavy (non-hydrogen) atoms. The van der Waals surface area contributed by atoms with Crippen LogP contribution in [0.15, 0.2) is 0 Å². The second-order valence-corrected chi connectivity index (χ2v) is 6.64. The Kier molecular flexibility index (Phi) is 8.22. The van der Waals surface area contributed by atoms with Crippen molar-refractivity contribution < 1.29 is 13.3 Å². The van der Waals surface area contributed by atoms with Crippen LogP contribution in [0.5, 0.6) is 0 Å². The van der Waals surface area contributed by atoms with Crippen LogP contribution in [0.25, 0.3) is 0 Å². The van der Waals surface area contributed by atoms with E-state index in [0.717, 1.165) is 6.04 Å². The van der Waals surface area contributed by atoms with Crippen LogP contribution >= 0.6 is 0 Å². The average molecular weight is 249 g/mol. The first-order valence-electron chi connectivity index (χ1n) is 6.09. The third-order valence-electron chi connectivity index (χ3n) is 2.52. The summed E-state index contributed by atoms with van der Waals surface area (Å²) in [6.45, 7) is 10.1. The summed E-state index contributed by atoms with van der Waals surface area (Å²) in [5.74, 6) is 0. The monoisotopic (exact) mass is 249 g/mol. The molecule has 5 heteroatoms. The van der Waals surface area contributed by atoms with Gasteiger partial charge in [0.1, 0.15) is 0 Å². The van der Waals surface area contributed by atoms with Crippen molar-refractivity contribution in [2.24, 2.45) is 0 Å². The highest BCUT2D eigenvalue weighted by Crippen LogP contribution is 2.19. The summed E-state index contributed by atoms with van der Waals surface area (Å²) in [6, 6.07) is 1.24. The maximum absolute atomic E-state index is 5.80. The lowest BCUT2D eigenvalue weighted by Gasteiger charge is -2.32. The van der Waals surface area contributed by atoms with Crippen molar-refractivity contribution in [3.05, 3.63) is 0 Å². The van der Waals surface area contributed by atoms with Crippen LogP contribution in [0.3, 0.4) is 0 Å². The standard InChI is InChI=1S/C11H27NO3Si/c1-7-13-16(14-8-2,15-9-3)10-11(4)12(5)6/h11H,7-10H2,1-6H3. The Morgan fingerprint density at radius 3 is 1.56 bits per heavy atom. The lowest BCUT2D eigenvalue weighted by Crippen LogP contribution is -2.50. The topological polar surface area (TPSA) is 30.9 Å². The van der Waals surface area contributed by atoms with Crippen LogP contribution in [-0.4, -0.2) is 53.7 Å². The number of nitrogens with zero attached hydrogens (tertiary/aromatic N) is 1. The first kappa shape index (κ1) is 16.1. The van der Waals surface area contributed by atoms with E-state index in [1.807, 2.05) is 20.8 Å². The fraction of sp³-hybridized carbons (Fsp3) is 1.00. The van der Waals surface area contributed by atoms with Crippen molar-refractivity contribution in [1.82, 2.24) is 4.90 Å². The fourth-order valence-corrected chi connectivity index (χ4v) is 4.52. The molecule has 0 aromatic rings. The van der Waals surface area contributed by atoms with E-state index in [1.54, 1.807) is 0 Å². The molecular formula is C11H27NO3Si.